The minimum absolute atomic E-state index is 0.0543. The van der Waals surface area contributed by atoms with E-state index in [1.54, 1.807) is 12.1 Å². The zero-order chi connectivity index (χ0) is 22.5. The summed E-state index contributed by atoms with van der Waals surface area (Å²) in [5, 5.41) is 24.1. The molecule has 6 heteroatoms. The smallest absolute Gasteiger partial charge is 0.258 e. The monoisotopic (exact) mass is 422 g/mol. The van der Waals surface area contributed by atoms with Crippen molar-refractivity contribution in [3.05, 3.63) is 127 Å². The number of hydrogen-bond acceptors (Lipinski definition) is 4. The molecule has 4 aromatic carbocycles. The van der Waals surface area contributed by atoms with E-state index in [-0.39, 0.29) is 11.4 Å². The summed E-state index contributed by atoms with van der Waals surface area (Å²) in [6, 6.07) is 24.9. The number of rotatable bonds is 6. The molecule has 32 heavy (non-hydrogen) atoms. The molecule has 4 rings (SSSR count). The molecule has 0 radical (unpaired) electrons. The molecule has 0 aliphatic heterocycles. The number of nitrogens with zero attached hydrogens (tertiary/aromatic N) is 2. The summed E-state index contributed by atoms with van der Waals surface area (Å²) < 4.78 is 0. The van der Waals surface area contributed by atoms with Gasteiger partial charge < -0.3 is 0 Å². The van der Waals surface area contributed by atoms with Crippen LogP contribution in [-0.2, 0) is 0 Å². The van der Waals surface area contributed by atoms with Gasteiger partial charge in [-0.05, 0) is 33.0 Å². The lowest BCUT2D eigenvalue weighted by molar-refractivity contribution is -0.385. The molecule has 0 bridgehead atoms. The van der Waals surface area contributed by atoms with Crippen molar-refractivity contribution < 1.29 is 9.85 Å². The first-order chi connectivity index (χ1) is 15.5. The topological polar surface area (TPSA) is 86.3 Å². The largest absolute Gasteiger partial charge is 0.270 e. The summed E-state index contributed by atoms with van der Waals surface area (Å²) in [4.78, 5) is 21.2. The van der Waals surface area contributed by atoms with E-state index in [2.05, 4.69) is 0 Å². The molecule has 0 aliphatic carbocycles. The maximum atomic E-state index is 11.0. The molecule has 0 N–H and O–H groups in total. The van der Waals surface area contributed by atoms with E-state index in [0.29, 0.717) is 0 Å². The molecule has 0 saturated carbocycles. The Kier molecular flexibility index (Phi) is 5.85. The van der Waals surface area contributed by atoms with Crippen molar-refractivity contribution in [2.24, 2.45) is 0 Å². The highest BCUT2D eigenvalue weighted by Gasteiger charge is 2.06. The van der Waals surface area contributed by atoms with E-state index in [1.807, 2.05) is 72.8 Å². The Morgan fingerprint density at radius 1 is 0.531 bits per heavy atom. The van der Waals surface area contributed by atoms with E-state index >= 15 is 0 Å². The van der Waals surface area contributed by atoms with Crippen LogP contribution in [0.4, 0.5) is 11.4 Å². The second kappa shape index (κ2) is 9.06. The van der Waals surface area contributed by atoms with Crippen LogP contribution in [-0.4, -0.2) is 9.85 Å². The molecule has 0 saturated heterocycles. The number of fused-ring (bicyclic) bond motifs is 1. The van der Waals surface area contributed by atoms with Gasteiger partial charge in [0.1, 0.15) is 0 Å². The van der Waals surface area contributed by atoms with E-state index in [9.17, 15) is 20.2 Å². The molecule has 0 amide bonds. The number of hydrogen-bond donors (Lipinski definition) is 0. The van der Waals surface area contributed by atoms with E-state index in [0.717, 1.165) is 33.0 Å². The van der Waals surface area contributed by atoms with E-state index < -0.39 is 9.85 Å². The van der Waals surface area contributed by atoms with Crippen molar-refractivity contribution in [3.63, 3.8) is 0 Å². The molecule has 4 aromatic rings. The van der Waals surface area contributed by atoms with E-state index in [4.69, 9.17) is 0 Å². The van der Waals surface area contributed by atoms with Gasteiger partial charge in [-0.1, -0.05) is 85.0 Å². The van der Waals surface area contributed by atoms with Gasteiger partial charge in [0.2, 0.25) is 0 Å². The van der Waals surface area contributed by atoms with Crippen LogP contribution in [0.1, 0.15) is 22.3 Å². The molecule has 0 fully saturated rings. The van der Waals surface area contributed by atoms with Crippen LogP contribution >= 0.6 is 0 Å². The van der Waals surface area contributed by atoms with Gasteiger partial charge in [-0.2, -0.15) is 0 Å². The Labute approximate surface area is 184 Å². The Bertz CT molecular complexity index is 1280. The van der Waals surface area contributed by atoms with Crippen LogP contribution < -0.4 is 0 Å². The summed E-state index contributed by atoms with van der Waals surface area (Å²) >= 11 is 0. The Hall–Kier alpha value is -4.58. The summed E-state index contributed by atoms with van der Waals surface area (Å²) in [7, 11) is 0. The lowest BCUT2D eigenvalue weighted by Crippen LogP contribution is -1.87. The van der Waals surface area contributed by atoms with Gasteiger partial charge >= 0.3 is 0 Å². The predicted octanol–water partition coefficient (Wildman–Crippen LogP) is 7.00. The highest BCUT2D eigenvalue weighted by Crippen LogP contribution is 2.27. The van der Waals surface area contributed by atoms with Crippen LogP contribution in [0.5, 0.6) is 0 Å². The minimum atomic E-state index is -0.408. The average molecular weight is 422 g/mol. The lowest BCUT2D eigenvalue weighted by Gasteiger charge is -2.07. The van der Waals surface area contributed by atoms with Gasteiger partial charge in [0.25, 0.3) is 11.4 Å². The van der Waals surface area contributed by atoms with Crippen LogP contribution in [0, 0.1) is 20.2 Å². The van der Waals surface area contributed by atoms with Crippen molar-refractivity contribution in [1.82, 2.24) is 0 Å². The van der Waals surface area contributed by atoms with Crippen molar-refractivity contribution in [1.29, 1.82) is 0 Å². The first-order valence-electron chi connectivity index (χ1n) is 9.88. The van der Waals surface area contributed by atoms with Crippen molar-refractivity contribution >= 4 is 46.5 Å². The Morgan fingerprint density at radius 3 is 1.38 bits per heavy atom. The fourth-order valence-corrected chi connectivity index (χ4v) is 3.49. The van der Waals surface area contributed by atoms with Gasteiger partial charge in [0, 0.05) is 24.3 Å². The van der Waals surface area contributed by atoms with E-state index in [1.165, 1.54) is 24.3 Å². The third kappa shape index (κ3) is 4.60. The maximum Gasteiger partial charge on any atom is 0.270 e. The molecular formula is C26H18N2O4. The number of nitro benzene ring substituents is 2. The van der Waals surface area contributed by atoms with Crippen LogP contribution in [0.2, 0.25) is 0 Å². The van der Waals surface area contributed by atoms with Crippen molar-refractivity contribution in [2.75, 3.05) is 0 Å². The van der Waals surface area contributed by atoms with Gasteiger partial charge in [-0.25, -0.2) is 0 Å². The first-order valence-corrected chi connectivity index (χ1v) is 9.88. The second-order valence-corrected chi connectivity index (χ2v) is 7.16. The number of nitro groups is 2. The van der Waals surface area contributed by atoms with Gasteiger partial charge in [0.15, 0.2) is 0 Å². The highest BCUT2D eigenvalue weighted by atomic mass is 16.6. The normalized spacial score (nSPS) is 11.4. The third-order valence-corrected chi connectivity index (χ3v) is 5.06. The number of non-ortho nitro benzene ring substituents is 2. The number of benzene rings is 4. The Balaban J connectivity index is 1.67. The molecule has 6 nitrogen and oxygen atoms in total. The van der Waals surface area contributed by atoms with Gasteiger partial charge in [-0.15, -0.1) is 0 Å². The molecule has 0 spiro atoms. The van der Waals surface area contributed by atoms with Crippen molar-refractivity contribution in [2.45, 2.75) is 0 Å². The van der Waals surface area contributed by atoms with Gasteiger partial charge in [-0.3, -0.25) is 20.2 Å². The average Bonchev–Trinajstić information content (AvgIpc) is 2.82. The molecule has 0 heterocycles. The highest BCUT2D eigenvalue weighted by molar-refractivity contribution is 5.99. The summed E-state index contributed by atoms with van der Waals surface area (Å²) in [6.45, 7) is 0. The zero-order valence-corrected chi connectivity index (χ0v) is 16.9. The molecule has 156 valence electrons. The van der Waals surface area contributed by atoms with Crippen LogP contribution in [0.15, 0.2) is 84.9 Å². The minimum Gasteiger partial charge on any atom is -0.258 e. The molecule has 0 atom stereocenters. The standard InChI is InChI=1S/C26H18N2O4/c29-27(30)23-7-3-5-19(17-23)11-13-21-15-16-22(26-10-2-1-9-25(21)26)14-12-20-6-4-8-24(18-20)28(31)32/h1-18H/b13-11+,14-12+. The summed E-state index contributed by atoms with van der Waals surface area (Å²) in [6.07, 6.45) is 7.59. The quantitative estimate of drug-likeness (QED) is 0.190. The fraction of sp³-hybridized carbons (Fsp3) is 0. The Morgan fingerprint density at radius 2 is 0.969 bits per heavy atom. The molecule has 0 aliphatic rings. The van der Waals surface area contributed by atoms with Crippen LogP contribution in [0.3, 0.4) is 0 Å². The third-order valence-electron chi connectivity index (χ3n) is 5.06. The van der Waals surface area contributed by atoms with Crippen molar-refractivity contribution in [3.8, 4) is 0 Å². The fourth-order valence-electron chi connectivity index (χ4n) is 3.49. The maximum absolute atomic E-state index is 11.0. The molecular weight excluding hydrogens is 404 g/mol. The predicted molar refractivity (Wildman–Crippen MR) is 128 cm³/mol. The lowest BCUT2D eigenvalue weighted by atomic mass is 9.98. The SMILES string of the molecule is O=[N+]([O-])c1cccc(/C=C/c2ccc(/C=C/c3cccc([N+](=O)[O-])c3)c3ccccc23)c1. The molecule has 0 unspecified atom stereocenters. The first kappa shape index (κ1) is 20.7. The van der Waals surface area contributed by atoms with Crippen LogP contribution in [0.25, 0.3) is 35.1 Å². The zero-order valence-electron chi connectivity index (χ0n) is 16.9. The van der Waals surface area contributed by atoms with Gasteiger partial charge in [0.05, 0.1) is 9.85 Å². The summed E-state index contributed by atoms with van der Waals surface area (Å²) in [5.41, 5.74) is 3.58. The second-order valence-electron chi connectivity index (χ2n) is 7.16. The molecule has 0 aromatic heterocycles. The summed E-state index contributed by atoms with van der Waals surface area (Å²) in [5.74, 6) is 0.